The van der Waals surface area contributed by atoms with Gasteiger partial charge in [-0.25, -0.2) is 0 Å². The average molecular weight is 389 g/mol. The molecule has 0 aromatic heterocycles. The van der Waals surface area contributed by atoms with E-state index < -0.39 is 11.9 Å². The third-order valence-electron chi connectivity index (χ3n) is 4.56. The van der Waals surface area contributed by atoms with Crippen LogP contribution in [0.5, 0.6) is 5.75 Å². The molecule has 0 bridgehead atoms. The second-order valence-corrected chi connectivity index (χ2v) is 6.24. The molecule has 2 aliphatic heterocycles. The van der Waals surface area contributed by atoms with Gasteiger partial charge >= 0.3 is 6.36 Å². The van der Waals surface area contributed by atoms with Crippen LogP contribution in [0.25, 0.3) is 27.8 Å². The van der Waals surface area contributed by atoms with E-state index in [1.54, 1.807) is 18.3 Å². The minimum absolute atomic E-state index is 0.110. The van der Waals surface area contributed by atoms with Crippen LogP contribution in [0.4, 0.5) is 13.2 Å². The number of nitrogens with one attached hydrogen (secondary N) is 1. The summed E-state index contributed by atoms with van der Waals surface area (Å²) in [6, 6.07) is 8.43. The monoisotopic (exact) mass is 389 g/mol. The second kappa shape index (κ2) is 6.38. The van der Waals surface area contributed by atoms with Gasteiger partial charge in [0.15, 0.2) is 0 Å². The van der Waals surface area contributed by atoms with Crippen LogP contribution in [0.2, 0.25) is 0 Å². The van der Waals surface area contributed by atoms with Gasteiger partial charge in [0, 0.05) is 11.6 Å². The number of aromatic amines is 1. The molecule has 2 N–H and O–H groups in total. The van der Waals surface area contributed by atoms with Crippen molar-refractivity contribution in [2.24, 2.45) is 0 Å². The normalized spacial score (nSPS) is 12.0. The first-order valence-corrected chi connectivity index (χ1v) is 8.28. The fraction of sp³-hybridized carbons (Fsp3) is 0.158. The molecule has 144 valence electrons. The van der Waals surface area contributed by atoms with Crippen LogP contribution >= 0.6 is 0 Å². The standard InChI is InChI=1S/C19H14F3N3O3/c1-10-11(9-26)2-7-14-16(10)23-8-15-17(14)24-25(18(15)27)12-3-5-13(6-4-12)28-19(20,21)22/h2-8,23,26H,9H2,1H3. The number of aromatic nitrogens is 3. The summed E-state index contributed by atoms with van der Waals surface area (Å²) in [6.45, 7) is 1.74. The SMILES string of the molecule is Cc1c(CO)ccc2c3nn(-c4ccc(OC(F)(F)F)cc4)c(=O)c-3c[nH]c12. The highest BCUT2D eigenvalue weighted by Crippen LogP contribution is 2.30. The third-order valence-corrected chi connectivity index (χ3v) is 4.56. The van der Waals surface area contributed by atoms with E-state index in [9.17, 15) is 23.1 Å². The van der Waals surface area contributed by atoms with E-state index in [-0.39, 0.29) is 12.4 Å². The summed E-state index contributed by atoms with van der Waals surface area (Å²) in [7, 11) is 0. The van der Waals surface area contributed by atoms with Gasteiger partial charge in [0.2, 0.25) is 0 Å². The Labute approximate surface area is 156 Å². The van der Waals surface area contributed by atoms with E-state index in [4.69, 9.17) is 0 Å². The summed E-state index contributed by atoms with van der Waals surface area (Å²) < 4.78 is 41.9. The average Bonchev–Trinajstić information content (AvgIpc) is 2.99. The fourth-order valence-electron chi connectivity index (χ4n) is 3.16. The molecule has 2 aliphatic rings. The molecular formula is C19H14F3N3O3. The Balaban J connectivity index is 1.84. The number of pyridine rings is 1. The Morgan fingerprint density at radius 1 is 1.18 bits per heavy atom. The maximum absolute atomic E-state index is 12.7. The molecule has 6 nitrogen and oxygen atoms in total. The van der Waals surface area contributed by atoms with Crippen LogP contribution in [0, 0.1) is 6.92 Å². The van der Waals surface area contributed by atoms with Gasteiger partial charge in [-0.05, 0) is 42.3 Å². The van der Waals surface area contributed by atoms with Crippen molar-refractivity contribution in [2.45, 2.75) is 19.9 Å². The number of hydrogen-bond donors (Lipinski definition) is 2. The molecule has 0 saturated heterocycles. The van der Waals surface area contributed by atoms with Crippen LogP contribution in [0.1, 0.15) is 11.1 Å². The number of hydrogen-bond acceptors (Lipinski definition) is 4. The molecule has 28 heavy (non-hydrogen) atoms. The number of halogens is 3. The second-order valence-electron chi connectivity index (χ2n) is 6.24. The summed E-state index contributed by atoms with van der Waals surface area (Å²) in [5.74, 6) is -0.383. The molecule has 4 rings (SSSR count). The van der Waals surface area contributed by atoms with Gasteiger partial charge < -0.3 is 14.8 Å². The highest BCUT2D eigenvalue weighted by atomic mass is 19.4. The van der Waals surface area contributed by atoms with Crippen molar-refractivity contribution in [1.29, 1.82) is 0 Å². The Kier molecular flexibility index (Phi) is 4.11. The van der Waals surface area contributed by atoms with Gasteiger partial charge in [-0.15, -0.1) is 13.2 Å². The van der Waals surface area contributed by atoms with Gasteiger partial charge in [0.25, 0.3) is 5.56 Å². The van der Waals surface area contributed by atoms with Gasteiger partial charge in [0.1, 0.15) is 11.4 Å². The lowest BCUT2D eigenvalue weighted by Gasteiger charge is -2.09. The van der Waals surface area contributed by atoms with E-state index in [1.165, 1.54) is 12.1 Å². The molecule has 0 unspecified atom stereocenters. The van der Waals surface area contributed by atoms with Crippen molar-refractivity contribution in [2.75, 3.05) is 0 Å². The number of fused-ring (bicyclic) bond motifs is 3. The summed E-state index contributed by atoms with van der Waals surface area (Å²) in [4.78, 5) is 15.8. The number of benzene rings is 2. The number of aryl methyl sites for hydroxylation is 1. The molecule has 2 aromatic carbocycles. The van der Waals surface area contributed by atoms with Gasteiger partial charge in [-0.1, -0.05) is 12.1 Å². The largest absolute Gasteiger partial charge is 0.573 e. The smallest absolute Gasteiger partial charge is 0.406 e. The predicted molar refractivity (Wildman–Crippen MR) is 95.7 cm³/mol. The van der Waals surface area contributed by atoms with Gasteiger partial charge in [-0.2, -0.15) is 9.78 Å². The van der Waals surface area contributed by atoms with Crippen LogP contribution < -0.4 is 10.3 Å². The molecule has 2 aromatic rings. The Hall–Kier alpha value is -3.33. The van der Waals surface area contributed by atoms with E-state index >= 15 is 0 Å². The quantitative estimate of drug-likeness (QED) is 0.562. The van der Waals surface area contributed by atoms with Crippen LogP contribution in [0.3, 0.4) is 0 Å². The summed E-state index contributed by atoms with van der Waals surface area (Å²) in [6.07, 6.45) is -3.25. The topological polar surface area (TPSA) is 80.1 Å². The van der Waals surface area contributed by atoms with Gasteiger partial charge in [-0.3, -0.25) is 4.79 Å². The van der Waals surface area contributed by atoms with Crippen molar-refractivity contribution in [1.82, 2.24) is 14.8 Å². The molecule has 0 radical (unpaired) electrons. The van der Waals surface area contributed by atoms with E-state index in [1.807, 2.05) is 6.92 Å². The highest BCUT2D eigenvalue weighted by molar-refractivity contribution is 5.95. The van der Waals surface area contributed by atoms with Gasteiger partial charge in [0.05, 0.1) is 23.4 Å². The molecule has 2 heterocycles. The van der Waals surface area contributed by atoms with E-state index in [0.717, 1.165) is 33.5 Å². The molecule has 9 heteroatoms. The van der Waals surface area contributed by atoms with Crippen molar-refractivity contribution < 1.29 is 23.0 Å². The third kappa shape index (κ3) is 2.99. The zero-order valence-electron chi connectivity index (χ0n) is 14.5. The van der Waals surface area contributed by atoms with Crippen molar-refractivity contribution in [3.63, 3.8) is 0 Å². The number of nitrogens with zero attached hydrogens (tertiary/aromatic N) is 2. The summed E-state index contributed by atoms with van der Waals surface area (Å²) >= 11 is 0. The Bertz CT molecular complexity index is 1190. The number of aliphatic hydroxyl groups is 1. The summed E-state index contributed by atoms with van der Waals surface area (Å²) in [5, 5.41) is 14.5. The Morgan fingerprint density at radius 2 is 1.89 bits per heavy atom. The lowest BCUT2D eigenvalue weighted by Crippen LogP contribution is -2.17. The first kappa shape index (κ1) is 18.1. The predicted octanol–water partition coefficient (Wildman–Crippen LogP) is 3.52. The van der Waals surface area contributed by atoms with E-state index in [2.05, 4.69) is 14.8 Å². The first-order chi connectivity index (χ1) is 13.3. The number of rotatable bonds is 3. The first-order valence-electron chi connectivity index (χ1n) is 8.28. The van der Waals surface area contributed by atoms with Crippen molar-refractivity contribution >= 4 is 10.9 Å². The van der Waals surface area contributed by atoms with Crippen LogP contribution in [-0.4, -0.2) is 26.2 Å². The highest BCUT2D eigenvalue weighted by Gasteiger charge is 2.31. The van der Waals surface area contributed by atoms with E-state index in [0.29, 0.717) is 22.3 Å². The zero-order valence-corrected chi connectivity index (χ0v) is 14.5. The number of H-pyrrole nitrogens is 1. The molecule has 0 atom stereocenters. The maximum Gasteiger partial charge on any atom is 0.573 e. The zero-order chi connectivity index (χ0) is 20.1. The van der Waals surface area contributed by atoms with Crippen molar-refractivity contribution in [3.8, 4) is 22.7 Å². The molecule has 0 fully saturated rings. The van der Waals surface area contributed by atoms with Crippen LogP contribution in [0.15, 0.2) is 47.4 Å². The fourth-order valence-corrected chi connectivity index (χ4v) is 3.16. The molecule has 0 saturated carbocycles. The lowest BCUT2D eigenvalue weighted by atomic mass is 10.0. The molecular weight excluding hydrogens is 375 g/mol. The summed E-state index contributed by atoms with van der Waals surface area (Å²) in [5.41, 5.74) is 3.07. The minimum Gasteiger partial charge on any atom is -0.406 e. The number of aliphatic hydroxyl groups excluding tert-OH is 1. The number of ether oxygens (including phenoxy) is 1. The van der Waals surface area contributed by atoms with Crippen LogP contribution in [-0.2, 0) is 6.61 Å². The molecule has 0 spiro atoms. The van der Waals surface area contributed by atoms with Crippen molar-refractivity contribution in [3.05, 3.63) is 64.1 Å². The maximum atomic E-state index is 12.7. The molecule has 0 aliphatic carbocycles. The number of alkyl halides is 3. The Morgan fingerprint density at radius 3 is 2.54 bits per heavy atom. The minimum atomic E-state index is -4.79. The lowest BCUT2D eigenvalue weighted by molar-refractivity contribution is -0.274. The molecule has 0 amide bonds.